The first-order valence-electron chi connectivity index (χ1n) is 6.18. The van der Waals surface area contributed by atoms with Crippen molar-refractivity contribution in [2.75, 3.05) is 19.9 Å². The highest BCUT2D eigenvalue weighted by Crippen LogP contribution is 2.35. The summed E-state index contributed by atoms with van der Waals surface area (Å²) in [4.78, 5) is 11.6. The maximum Gasteiger partial charge on any atom is 0.251 e. The van der Waals surface area contributed by atoms with E-state index < -0.39 is 0 Å². The van der Waals surface area contributed by atoms with Gasteiger partial charge in [-0.05, 0) is 52.3 Å². The van der Waals surface area contributed by atoms with Gasteiger partial charge in [0.1, 0.15) is 11.5 Å². The summed E-state index contributed by atoms with van der Waals surface area (Å²) in [6.45, 7) is 0. The number of ether oxygens (including phenoxy) is 2. The molecular weight excluding hydrogens is 336 g/mol. The number of carbonyl (C=O) groups excluding carboxylic acids is 1. The number of benzene rings is 2. The molecule has 0 spiro atoms. The molecule has 0 aliphatic rings. The molecule has 21 heavy (non-hydrogen) atoms. The molecule has 1 amide bonds. The lowest BCUT2D eigenvalue weighted by atomic mass is 10.2. The smallest absolute Gasteiger partial charge is 0.251 e. The molecule has 0 saturated heterocycles. The Morgan fingerprint density at radius 2 is 1.95 bits per heavy atom. The van der Waals surface area contributed by atoms with E-state index in [1.54, 1.807) is 50.6 Å². The monoisotopic (exact) mass is 350 g/mol. The number of halogens is 1. The lowest BCUT2D eigenvalue weighted by Gasteiger charge is -2.12. The third-order valence-corrected chi connectivity index (χ3v) is 3.48. The number of nitrogen functional groups attached to an aromatic ring is 1. The average molecular weight is 351 g/mol. The summed E-state index contributed by atoms with van der Waals surface area (Å²) in [7, 11) is 3.16. The zero-order valence-corrected chi connectivity index (χ0v) is 13.2. The predicted octanol–water partition coefficient (Wildman–Crippen LogP) is 3.19. The molecule has 2 aromatic carbocycles. The van der Waals surface area contributed by atoms with Crippen LogP contribution in [0.2, 0.25) is 0 Å². The van der Waals surface area contributed by atoms with Crippen LogP contribution in [-0.2, 0) is 0 Å². The van der Waals surface area contributed by atoms with E-state index in [-0.39, 0.29) is 5.91 Å². The fraction of sp³-hybridized carbons (Fsp3) is 0.133. The first-order chi connectivity index (χ1) is 10.0. The fourth-order valence-electron chi connectivity index (χ4n) is 1.72. The number of carbonyl (C=O) groups is 1. The van der Waals surface area contributed by atoms with Gasteiger partial charge in [-0.15, -0.1) is 0 Å². The zero-order chi connectivity index (χ0) is 15.4. The van der Waals surface area contributed by atoms with Crippen LogP contribution in [0.3, 0.4) is 0 Å². The molecule has 2 aromatic rings. The topological polar surface area (TPSA) is 73.6 Å². The number of nitrogens with one attached hydrogen (secondary N) is 1. The number of hydrogen-bond acceptors (Lipinski definition) is 4. The van der Waals surface area contributed by atoms with Crippen molar-refractivity contribution in [3.8, 4) is 17.2 Å². The first-order valence-corrected chi connectivity index (χ1v) is 6.97. The van der Waals surface area contributed by atoms with Gasteiger partial charge in [-0.25, -0.2) is 0 Å². The van der Waals surface area contributed by atoms with Gasteiger partial charge in [0, 0.05) is 12.6 Å². The van der Waals surface area contributed by atoms with Crippen molar-refractivity contribution in [2.24, 2.45) is 0 Å². The number of hydrogen-bond donors (Lipinski definition) is 2. The van der Waals surface area contributed by atoms with Crippen molar-refractivity contribution in [1.29, 1.82) is 0 Å². The molecule has 110 valence electrons. The Labute approximate surface area is 131 Å². The van der Waals surface area contributed by atoms with E-state index in [2.05, 4.69) is 21.2 Å². The van der Waals surface area contributed by atoms with Gasteiger partial charge in [0.05, 0.1) is 17.3 Å². The quantitative estimate of drug-likeness (QED) is 0.830. The second-order valence-electron chi connectivity index (χ2n) is 4.23. The van der Waals surface area contributed by atoms with Crippen molar-refractivity contribution >= 4 is 27.5 Å². The van der Waals surface area contributed by atoms with Gasteiger partial charge in [0.15, 0.2) is 5.75 Å². The van der Waals surface area contributed by atoms with Crippen LogP contribution < -0.4 is 20.5 Å². The number of anilines is 1. The maximum atomic E-state index is 11.6. The summed E-state index contributed by atoms with van der Waals surface area (Å²) in [6, 6.07) is 10.2. The molecule has 0 aliphatic carbocycles. The van der Waals surface area contributed by atoms with E-state index in [0.717, 1.165) is 4.47 Å². The fourth-order valence-corrected chi connectivity index (χ4v) is 2.16. The van der Waals surface area contributed by atoms with Gasteiger partial charge in [-0.1, -0.05) is 0 Å². The van der Waals surface area contributed by atoms with Crippen LogP contribution >= 0.6 is 15.9 Å². The van der Waals surface area contributed by atoms with Gasteiger partial charge in [-0.2, -0.15) is 0 Å². The average Bonchev–Trinajstić information content (AvgIpc) is 2.50. The Hall–Kier alpha value is -2.21. The molecular formula is C15H15BrN2O3. The maximum absolute atomic E-state index is 11.6. The summed E-state index contributed by atoms with van der Waals surface area (Å²) in [5.74, 6) is 1.51. The molecule has 6 heteroatoms. The SMILES string of the molecule is CNC(=O)c1ccc(N)c(Oc2ccc(OC)cc2Br)c1. The van der Waals surface area contributed by atoms with Crippen LogP contribution in [0, 0.1) is 0 Å². The molecule has 0 unspecified atom stereocenters. The third kappa shape index (κ3) is 3.46. The van der Waals surface area contributed by atoms with Crippen molar-refractivity contribution in [3.63, 3.8) is 0 Å². The Balaban J connectivity index is 2.32. The Bertz CT molecular complexity index is 674. The molecule has 0 saturated carbocycles. The molecule has 0 atom stereocenters. The Kier molecular flexibility index (Phi) is 4.70. The molecule has 2 rings (SSSR count). The second-order valence-corrected chi connectivity index (χ2v) is 5.08. The molecule has 0 aliphatic heterocycles. The largest absolute Gasteiger partial charge is 0.497 e. The van der Waals surface area contributed by atoms with E-state index in [1.165, 1.54) is 0 Å². The first kappa shape index (κ1) is 15.2. The zero-order valence-electron chi connectivity index (χ0n) is 11.6. The molecule has 0 fully saturated rings. The van der Waals surface area contributed by atoms with Gasteiger partial charge < -0.3 is 20.5 Å². The van der Waals surface area contributed by atoms with Gasteiger partial charge >= 0.3 is 0 Å². The number of nitrogens with two attached hydrogens (primary N) is 1. The van der Waals surface area contributed by atoms with Crippen LogP contribution in [0.5, 0.6) is 17.2 Å². The molecule has 0 heterocycles. The normalized spacial score (nSPS) is 10.0. The highest BCUT2D eigenvalue weighted by Gasteiger charge is 2.10. The van der Waals surface area contributed by atoms with Crippen molar-refractivity contribution in [2.45, 2.75) is 0 Å². The van der Waals surface area contributed by atoms with Crippen molar-refractivity contribution in [1.82, 2.24) is 5.32 Å². The number of rotatable bonds is 4. The molecule has 0 bridgehead atoms. The summed E-state index contributed by atoms with van der Waals surface area (Å²) >= 11 is 3.41. The van der Waals surface area contributed by atoms with Crippen LogP contribution in [0.4, 0.5) is 5.69 Å². The Morgan fingerprint density at radius 3 is 2.57 bits per heavy atom. The molecule has 0 aromatic heterocycles. The minimum Gasteiger partial charge on any atom is -0.497 e. The van der Waals surface area contributed by atoms with E-state index in [9.17, 15) is 4.79 Å². The van der Waals surface area contributed by atoms with E-state index >= 15 is 0 Å². The highest BCUT2D eigenvalue weighted by atomic mass is 79.9. The lowest BCUT2D eigenvalue weighted by molar-refractivity contribution is 0.0963. The van der Waals surface area contributed by atoms with Gasteiger partial charge in [0.2, 0.25) is 0 Å². The summed E-state index contributed by atoms with van der Waals surface area (Å²) < 4.78 is 11.6. The van der Waals surface area contributed by atoms with E-state index in [0.29, 0.717) is 28.5 Å². The van der Waals surface area contributed by atoms with Crippen LogP contribution in [0.1, 0.15) is 10.4 Å². The molecule has 5 nitrogen and oxygen atoms in total. The molecule has 0 radical (unpaired) electrons. The number of amides is 1. The lowest BCUT2D eigenvalue weighted by Crippen LogP contribution is -2.17. The van der Waals surface area contributed by atoms with Crippen molar-refractivity contribution in [3.05, 3.63) is 46.4 Å². The standard InChI is InChI=1S/C15H15BrN2O3/c1-18-15(19)9-3-5-12(17)14(7-9)21-13-6-4-10(20-2)8-11(13)16/h3-8H,17H2,1-2H3,(H,18,19). The van der Waals surface area contributed by atoms with Crippen molar-refractivity contribution < 1.29 is 14.3 Å². The van der Waals surface area contributed by atoms with Crippen LogP contribution in [0.15, 0.2) is 40.9 Å². The highest BCUT2D eigenvalue weighted by molar-refractivity contribution is 9.10. The minimum atomic E-state index is -0.200. The van der Waals surface area contributed by atoms with Gasteiger partial charge in [-0.3, -0.25) is 4.79 Å². The van der Waals surface area contributed by atoms with Gasteiger partial charge in [0.25, 0.3) is 5.91 Å². The van der Waals surface area contributed by atoms with E-state index in [1.807, 2.05) is 0 Å². The predicted molar refractivity (Wildman–Crippen MR) is 85.0 cm³/mol. The number of methoxy groups -OCH3 is 1. The second kappa shape index (κ2) is 6.49. The molecule has 3 N–H and O–H groups in total. The Morgan fingerprint density at radius 1 is 1.19 bits per heavy atom. The summed E-state index contributed by atoms with van der Waals surface area (Å²) in [6.07, 6.45) is 0. The summed E-state index contributed by atoms with van der Waals surface area (Å²) in [5.41, 5.74) is 6.82. The minimum absolute atomic E-state index is 0.200. The van der Waals surface area contributed by atoms with Crippen LogP contribution in [-0.4, -0.2) is 20.1 Å². The third-order valence-electron chi connectivity index (χ3n) is 2.86. The summed E-state index contributed by atoms with van der Waals surface area (Å²) in [5, 5.41) is 2.56. The van der Waals surface area contributed by atoms with E-state index in [4.69, 9.17) is 15.2 Å². The van der Waals surface area contributed by atoms with Crippen LogP contribution in [0.25, 0.3) is 0 Å².